The number of pyridine rings is 1. The second kappa shape index (κ2) is 6.75. The molecule has 1 saturated heterocycles. The summed E-state index contributed by atoms with van der Waals surface area (Å²) < 4.78 is 13.1. The molecule has 0 aliphatic carbocycles. The van der Waals surface area contributed by atoms with Crippen molar-refractivity contribution in [1.82, 2.24) is 9.88 Å². The van der Waals surface area contributed by atoms with E-state index >= 15 is 0 Å². The summed E-state index contributed by atoms with van der Waals surface area (Å²) in [6.07, 6.45) is 1.59. The number of aryl methyl sites for hydroxylation is 1. The molecule has 2 heterocycles. The molecular formula is C17H12ClFN2O2S. The van der Waals surface area contributed by atoms with E-state index in [9.17, 15) is 14.0 Å². The van der Waals surface area contributed by atoms with Crippen LogP contribution < -0.4 is 0 Å². The van der Waals surface area contributed by atoms with Gasteiger partial charge in [0.05, 0.1) is 17.1 Å². The molecule has 122 valence electrons. The summed E-state index contributed by atoms with van der Waals surface area (Å²) >= 11 is 6.82. The Morgan fingerprint density at radius 1 is 1.29 bits per heavy atom. The van der Waals surface area contributed by atoms with Crippen LogP contribution in [-0.4, -0.2) is 21.0 Å². The van der Waals surface area contributed by atoms with Gasteiger partial charge in [-0.25, -0.2) is 4.39 Å². The molecule has 1 aliphatic heterocycles. The average Bonchev–Trinajstić information content (AvgIpc) is 2.77. The number of carbonyl (C=O) groups excluding carboxylic acids is 2. The third-order valence-corrected chi connectivity index (χ3v) is 4.67. The molecular weight excluding hydrogens is 351 g/mol. The highest BCUT2D eigenvalue weighted by Gasteiger charge is 2.35. The van der Waals surface area contributed by atoms with Crippen molar-refractivity contribution in [2.45, 2.75) is 13.5 Å². The van der Waals surface area contributed by atoms with Gasteiger partial charge in [-0.05, 0) is 54.6 Å². The minimum Gasteiger partial charge on any atom is -0.268 e. The van der Waals surface area contributed by atoms with Crippen molar-refractivity contribution in [3.8, 4) is 0 Å². The summed E-state index contributed by atoms with van der Waals surface area (Å²) in [5, 5.41) is -0.210. The van der Waals surface area contributed by atoms with Gasteiger partial charge in [-0.1, -0.05) is 23.7 Å². The Morgan fingerprint density at radius 3 is 2.79 bits per heavy atom. The second-order valence-electron chi connectivity index (χ2n) is 5.21. The van der Waals surface area contributed by atoms with Gasteiger partial charge in [0.25, 0.3) is 11.1 Å². The molecule has 1 aromatic carbocycles. The number of amides is 2. The van der Waals surface area contributed by atoms with Crippen molar-refractivity contribution in [2.75, 3.05) is 0 Å². The Balaban J connectivity index is 1.84. The topological polar surface area (TPSA) is 50.3 Å². The van der Waals surface area contributed by atoms with Crippen LogP contribution in [0.1, 0.15) is 17.0 Å². The lowest BCUT2D eigenvalue weighted by molar-refractivity contribution is -0.123. The summed E-state index contributed by atoms with van der Waals surface area (Å²) in [6.45, 7) is 1.85. The molecule has 7 heteroatoms. The predicted octanol–water partition coefficient (Wildman–Crippen LogP) is 4.42. The Hall–Kier alpha value is -2.18. The van der Waals surface area contributed by atoms with Gasteiger partial charge in [-0.2, -0.15) is 0 Å². The van der Waals surface area contributed by atoms with Crippen LogP contribution in [-0.2, 0) is 11.3 Å². The molecule has 1 aliphatic rings. The van der Waals surface area contributed by atoms with E-state index in [-0.39, 0.29) is 16.8 Å². The molecule has 2 amide bonds. The first kappa shape index (κ1) is 16.7. The van der Waals surface area contributed by atoms with E-state index in [1.54, 1.807) is 12.1 Å². The zero-order valence-electron chi connectivity index (χ0n) is 12.6. The largest absolute Gasteiger partial charge is 0.293 e. The van der Waals surface area contributed by atoms with Crippen LogP contribution in [0.15, 0.2) is 41.3 Å². The average molecular weight is 363 g/mol. The smallest absolute Gasteiger partial charge is 0.268 e. The van der Waals surface area contributed by atoms with Gasteiger partial charge in [0, 0.05) is 10.7 Å². The minimum absolute atomic E-state index is 0.00235. The molecule has 4 nitrogen and oxygen atoms in total. The standard InChI is InChI=1S/C17H12ClFN2O2S/c1-10-3-2-4-13(20-10)8-15-16(22)21(17(23)24-15)9-11-5-6-12(19)7-14(11)18/h2-8H,9H2,1H3/b15-8+. The van der Waals surface area contributed by atoms with E-state index in [1.165, 1.54) is 12.1 Å². The van der Waals surface area contributed by atoms with E-state index in [0.717, 1.165) is 28.4 Å². The fourth-order valence-electron chi connectivity index (χ4n) is 2.24. The lowest BCUT2D eigenvalue weighted by Crippen LogP contribution is -2.27. The first-order valence-corrected chi connectivity index (χ1v) is 8.26. The number of benzene rings is 1. The van der Waals surface area contributed by atoms with Crippen LogP contribution in [0.3, 0.4) is 0 Å². The SMILES string of the molecule is Cc1cccc(/C=C2/SC(=O)N(Cc3ccc(F)cc3Cl)C2=O)n1. The summed E-state index contributed by atoms with van der Waals surface area (Å²) in [5.41, 5.74) is 1.94. The van der Waals surface area contributed by atoms with Crippen molar-refractivity contribution in [3.05, 3.63) is 69.1 Å². The highest BCUT2D eigenvalue weighted by Crippen LogP contribution is 2.34. The van der Waals surface area contributed by atoms with Crippen molar-refractivity contribution in [3.63, 3.8) is 0 Å². The molecule has 0 radical (unpaired) electrons. The molecule has 0 spiro atoms. The number of halogens is 2. The van der Waals surface area contributed by atoms with Crippen molar-refractivity contribution >= 4 is 40.6 Å². The fraction of sp³-hybridized carbons (Fsp3) is 0.118. The molecule has 2 aromatic rings. The third kappa shape index (κ3) is 3.49. The molecule has 24 heavy (non-hydrogen) atoms. The maximum absolute atomic E-state index is 13.1. The quantitative estimate of drug-likeness (QED) is 0.758. The Bertz CT molecular complexity index is 869. The monoisotopic (exact) mass is 362 g/mol. The van der Waals surface area contributed by atoms with Crippen LogP contribution >= 0.6 is 23.4 Å². The molecule has 3 rings (SSSR count). The summed E-state index contributed by atoms with van der Waals surface area (Å²) in [4.78, 5) is 30.3. The Kier molecular flexibility index (Phi) is 4.69. The van der Waals surface area contributed by atoms with Crippen LogP contribution in [0.2, 0.25) is 5.02 Å². The van der Waals surface area contributed by atoms with E-state index in [0.29, 0.717) is 16.2 Å². The van der Waals surface area contributed by atoms with Gasteiger partial charge in [0.1, 0.15) is 5.82 Å². The van der Waals surface area contributed by atoms with Gasteiger partial charge < -0.3 is 0 Å². The minimum atomic E-state index is -0.469. The van der Waals surface area contributed by atoms with E-state index in [2.05, 4.69) is 4.98 Å². The van der Waals surface area contributed by atoms with Crippen molar-refractivity contribution in [2.24, 2.45) is 0 Å². The number of hydrogen-bond acceptors (Lipinski definition) is 4. The highest BCUT2D eigenvalue weighted by molar-refractivity contribution is 8.18. The zero-order valence-corrected chi connectivity index (χ0v) is 14.2. The molecule has 1 fully saturated rings. The zero-order chi connectivity index (χ0) is 17.3. The van der Waals surface area contributed by atoms with Gasteiger partial charge in [0.2, 0.25) is 0 Å². The molecule has 0 bridgehead atoms. The molecule has 0 N–H and O–H groups in total. The number of aromatic nitrogens is 1. The van der Waals surface area contributed by atoms with Crippen molar-refractivity contribution < 1.29 is 14.0 Å². The number of thioether (sulfide) groups is 1. The molecule has 0 atom stereocenters. The number of nitrogens with zero attached hydrogens (tertiary/aromatic N) is 2. The first-order valence-electron chi connectivity index (χ1n) is 7.07. The predicted molar refractivity (Wildman–Crippen MR) is 91.9 cm³/mol. The normalized spacial score (nSPS) is 16.3. The first-order chi connectivity index (χ1) is 11.4. The number of hydrogen-bond donors (Lipinski definition) is 0. The molecule has 0 saturated carbocycles. The molecule has 0 unspecified atom stereocenters. The fourth-order valence-corrected chi connectivity index (χ4v) is 3.29. The second-order valence-corrected chi connectivity index (χ2v) is 6.61. The maximum Gasteiger partial charge on any atom is 0.293 e. The summed E-state index contributed by atoms with van der Waals surface area (Å²) in [7, 11) is 0. The van der Waals surface area contributed by atoms with Crippen LogP contribution in [0.4, 0.5) is 9.18 Å². The maximum atomic E-state index is 13.1. The van der Waals surface area contributed by atoms with Crippen LogP contribution in [0.5, 0.6) is 0 Å². The number of imide groups is 1. The summed E-state index contributed by atoms with van der Waals surface area (Å²) in [6, 6.07) is 9.30. The third-order valence-electron chi connectivity index (χ3n) is 3.41. The van der Waals surface area contributed by atoms with Gasteiger partial charge in [-0.15, -0.1) is 0 Å². The Morgan fingerprint density at radius 2 is 2.08 bits per heavy atom. The molecule has 1 aromatic heterocycles. The van der Waals surface area contributed by atoms with Gasteiger partial charge in [-0.3, -0.25) is 19.5 Å². The van der Waals surface area contributed by atoms with E-state index < -0.39 is 11.7 Å². The summed E-state index contributed by atoms with van der Waals surface area (Å²) in [5.74, 6) is -0.878. The lowest BCUT2D eigenvalue weighted by atomic mass is 10.2. The Labute approximate surface area is 147 Å². The van der Waals surface area contributed by atoms with Gasteiger partial charge >= 0.3 is 0 Å². The van der Waals surface area contributed by atoms with Crippen molar-refractivity contribution in [1.29, 1.82) is 0 Å². The van der Waals surface area contributed by atoms with E-state index in [1.807, 2.05) is 19.1 Å². The lowest BCUT2D eigenvalue weighted by Gasteiger charge is -2.13. The van der Waals surface area contributed by atoms with Crippen LogP contribution in [0, 0.1) is 12.7 Å². The highest BCUT2D eigenvalue weighted by atomic mass is 35.5. The number of rotatable bonds is 3. The number of carbonyl (C=O) groups is 2. The van der Waals surface area contributed by atoms with Gasteiger partial charge in [0.15, 0.2) is 0 Å². The van der Waals surface area contributed by atoms with Crippen LogP contribution in [0.25, 0.3) is 6.08 Å². The van der Waals surface area contributed by atoms with E-state index in [4.69, 9.17) is 11.6 Å².